The number of rotatable bonds is 9. The zero-order chi connectivity index (χ0) is 31.2. The van der Waals surface area contributed by atoms with E-state index < -0.39 is 53.9 Å². The van der Waals surface area contributed by atoms with E-state index in [0.717, 1.165) is 4.90 Å². The van der Waals surface area contributed by atoms with E-state index in [1.165, 1.54) is 43.7 Å². The van der Waals surface area contributed by atoms with Gasteiger partial charge in [0.15, 0.2) is 0 Å². The van der Waals surface area contributed by atoms with Crippen molar-refractivity contribution in [2.24, 2.45) is 0 Å². The SMILES string of the molecule is CC(C(=O)NO)N(C)C(=O)C(CC(=O)N1CCNCC1)c1ccc(OCc2cc(C(F)(F)F)cc(C(F)(F)F)c2)cc1. The molecule has 9 nitrogen and oxygen atoms in total. The Bertz CT molecular complexity index is 1230. The molecule has 2 aromatic rings. The van der Waals surface area contributed by atoms with Crippen LogP contribution in [0.1, 0.15) is 41.5 Å². The number of likely N-dealkylation sites (N-methyl/N-ethyl adjacent to an activating group) is 1. The van der Waals surface area contributed by atoms with E-state index in [1.54, 1.807) is 4.90 Å². The summed E-state index contributed by atoms with van der Waals surface area (Å²) in [5, 5.41) is 12.1. The average molecular weight is 605 g/mol. The topological polar surface area (TPSA) is 111 Å². The van der Waals surface area contributed by atoms with Gasteiger partial charge in [0.1, 0.15) is 18.4 Å². The summed E-state index contributed by atoms with van der Waals surface area (Å²) in [5.74, 6) is -2.69. The van der Waals surface area contributed by atoms with Gasteiger partial charge in [-0.05, 0) is 48.4 Å². The number of nitrogens with one attached hydrogen (secondary N) is 2. The molecule has 1 fully saturated rings. The molecule has 0 aromatic heterocycles. The fourth-order valence-corrected chi connectivity index (χ4v) is 4.34. The van der Waals surface area contributed by atoms with Crippen molar-refractivity contribution in [3.8, 4) is 5.75 Å². The predicted octanol–water partition coefficient (Wildman–Crippen LogP) is 3.56. The summed E-state index contributed by atoms with van der Waals surface area (Å²) in [6.07, 6.45) is -10.2. The molecule has 3 N–H and O–H groups in total. The van der Waals surface area contributed by atoms with E-state index in [1.807, 2.05) is 0 Å². The van der Waals surface area contributed by atoms with Gasteiger partial charge in [-0.3, -0.25) is 19.6 Å². The first-order valence-electron chi connectivity index (χ1n) is 12.8. The van der Waals surface area contributed by atoms with Crippen LogP contribution in [0.4, 0.5) is 26.3 Å². The van der Waals surface area contributed by atoms with E-state index in [9.17, 15) is 40.7 Å². The van der Waals surface area contributed by atoms with Crippen molar-refractivity contribution in [3.05, 3.63) is 64.7 Å². The Morgan fingerprint density at radius 3 is 2.05 bits per heavy atom. The van der Waals surface area contributed by atoms with Crippen LogP contribution in [0, 0.1) is 0 Å². The molecule has 0 bridgehead atoms. The maximum absolute atomic E-state index is 13.4. The van der Waals surface area contributed by atoms with Gasteiger partial charge in [0.25, 0.3) is 5.91 Å². The molecule has 0 aliphatic carbocycles. The third kappa shape index (κ3) is 8.35. The van der Waals surface area contributed by atoms with Crippen LogP contribution >= 0.6 is 0 Å². The first-order chi connectivity index (χ1) is 19.6. The molecule has 2 unspecified atom stereocenters. The largest absolute Gasteiger partial charge is 0.489 e. The van der Waals surface area contributed by atoms with Gasteiger partial charge in [-0.15, -0.1) is 0 Å². The molecule has 1 heterocycles. The van der Waals surface area contributed by atoms with Gasteiger partial charge in [0, 0.05) is 39.6 Å². The molecule has 2 aromatic carbocycles. The van der Waals surface area contributed by atoms with E-state index in [2.05, 4.69) is 5.32 Å². The van der Waals surface area contributed by atoms with Crippen LogP contribution in [0.5, 0.6) is 5.75 Å². The van der Waals surface area contributed by atoms with Gasteiger partial charge in [0.2, 0.25) is 11.8 Å². The molecule has 1 aliphatic rings. The van der Waals surface area contributed by atoms with Crippen molar-refractivity contribution in [1.29, 1.82) is 0 Å². The lowest BCUT2D eigenvalue weighted by Crippen LogP contribution is -2.49. The number of hydrogen-bond acceptors (Lipinski definition) is 6. The maximum atomic E-state index is 13.4. The highest BCUT2D eigenvalue weighted by molar-refractivity contribution is 5.93. The third-order valence-electron chi connectivity index (χ3n) is 6.90. The molecule has 3 amide bonds. The smallest absolute Gasteiger partial charge is 0.416 e. The molecule has 0 saturated carbocycles. The van der Waals surface area contributed by atoms with Crippen molar-refractivity contribution in [3.63, 3.8) is 0 Å². The summed E-state index contributed by atoms with van der Waals surface area (Å²) in [4.78, 5) is 41.0. The second-order valence-electron chi connectivity index (χ2n) is 9.76. The Balaban J connectivity index is 1.82. The number of ether oxygens (including phenoxy) is 1. The standard InChI is InChI=1S/C27H30F6N4O5/c1-16(24(39)35-41)36(2)25(40)22(14-23(38)37-9-7-34-8-10-37)18-3-5-21(6-4-18)42-15-17-11-19(26(28,29)30)13-20(12-17)27(31,32)33/h3-6,11-13,16,22,34,41H,7-10,14-15H2,1-2H3,(H,35,39). The van der Waals surface area contributed by atoms with Crippen molar-refractivity contribution in [1.82, 2.24) is 20.6 Å². The number of piperazine rings is 1. The molecule has 3 rings (SSSR count). The lowest BCUT2D eigenvalue weighted by Gasteiger charge is -2.31. The fraction of sp³-hybridized carbons (Fsp3) is 0.444. The number of carbonyl (C=O) groups is 3. The first-order valence-corrected chi connectivity index (χ1v) is 12.8. The van der Waals surface area contributed by atoms with Gasteiger partial charge < -0.3 is 19.9 Å². The molecule has 0 spiro atoms. The Morgan fingerprint density at radius 1 is 1.00 bits per heavy atom. The minimum atomic E-state index is -5.00. The van der Waals surface area contributed by atoms with E-state index in [4.69, 9.17) is 9.94 Å². The summed E-state index contributed by atoms with van der Waals surface area (Å²) in [5.41, 5.74) is -1.45. The Kier molecular flexibility index (Phi) is 10.4. The van der Waals surface area contributed by atoms with Gasteiger partial charge in [-0.25, -0.2) is 5.48 Å². The van der Waals surface area contributed by atoms with Gasteiger partial charge >= 0.3 is 12.4 Å². The normalized spacial score (nSPS) is 15.5. The maximum Gasteiger partial charge on any atom is 0.416 e. The summed E-state index contributed by atoms with van der Waals surface area (Å²) < 4.78 is 84.4. The summed E-state index contributed by atoms with van der Waals surface area (Å²) in [6, 6.07) is 5.72. The monoisotopic (exact) mass is 604 g/mol. The molecular formula is C27H30F6N4O5. The summed E-state index contributed by atoms with van der Waals surface area (Å²) in [7, 11) is 1.34. The zero-order valence-corrected chi connectivity index (χ0v) is 22.7. The third-order valence-corrected chi connectivity index (χ3v) is 6.90. The number of alkyl halides is 6. The molecule has 15 heteroatoms. The van der Waals surface area contributed by atoms with E-state index >= 15 is 0 Å². The van der Waals surface area contributed by atoms with Crippen LogP contribution in [0.3, 0.4) is 0 Å². The number of amides is 3. The predicted molar refractivity (Wildman–Crippen MR) is 136 cm³/mol. The van der Waals surface area contributed by atoms with Crippen molar-refractivity contribution in [2.45, 2.75) is 44.3 Å². The molecule has 0 radical (unpaired) electrons. The van der Waals surface area contributed by atoms with Crippen molar-refractivity contribution >= 4 is 17.7 Å². The Labute approximate surface area is 237 Å². The van der Waals surface area contributed by atoms with Crippen LogP contribution in [-0.2, 0) is 33.3 Å². The second-order valence-corrected chi connectivity index (χ2v) is 9.76. The van der Waals surface area contributed by atoms with Crippen molar-refractivity contribution in [2.75, 3.05) is 33.2 Å². The van der Waals surface area contributed by atoms with E-state index in [-0.39, 0.29) is 29.7 Å². The van der Waals surface area contributed by atoms with Gasteiger partial charge in [-0.2, -0.15) is 26.3 Å². The second kappa shape index (κ2) is 13.4. The quantitative estimate of drug-likeness (QED) is 0.230. The van der Waals surface area contributed by atoms with Crippen LogP contribution in [-0.4, -0.2) is 72.0 Å². The highest BCUT2D eigenvalue weighted by Crippen LogP contribution is 2.36. The zero-order valence-electron chi connectivity index (χ0n) is 22.7. The molecule has 1 aliphatic heterocycles. The number of benzene rings is 2. The van der Waals surface area contributed by atoms with E-state index in [0.29, 0.717) is 43.9 Å². The lowest BCUT2D eigenvalue weighted by atomic mass is 9.92. The van der Waals surface area contributed by atoms with Crippen LogP contribution in [0.2, 0.25) is 0 Å². The number of hydrogen-bond donors (Lipinski definition) is 3. The number of halogens is 6. The van der Waals surface area contributed by atoms with Crippen LogP contribution < -0.4 is 15.5 Å². The first kappa shape index (κ1) is 32.7. The fourth-order valence-electron chi connectivity index (χ4n) is 4.34. The lowest BCUT2D eigenvalue weighted by molar-refractivity contribution is -0.144. The molecule has 2 atom stereocenters. The van der Waals surface area contributed by atoms with Crippen LogP contribution in [0.15, 0.2) is 42.5 Å². The average Bonchev–Trinajstić information content (AvgIpc) is 2.96. The van der Waals surface area contributed by atoms with Crippen LogP contribution in [0.25, 0.3) is 0 Å². The Morgan fingerprint density at radius 2 is 1.55 bits per heavy atom. The van der Waals surface area contributed by atoms with Crippen molar-refractivity contribution < 1.29 is 50.7 Å². The van der Waals surface area contributed by atoms with Gasteiger partial charge in [-0.1, -0.05) is 12.1 Å². The number of nitrogens with zero attached hydrogens (tertiary/aromatic N) is 2. The minimum absolute atomic E-state index is 0.0270. The Hall–Kier alpha value is -3.85. The minimum Gasteiger partial charge on any atom is -0.489 e. The summed E-state index contributed by atoms with van der Waals surface area (Å²) in [6.45, 7) is 2.83. The summed E-state index contributed by atoms with van der Waals surface area (Å²) >= 11 is 0. The number of carbonyl (C=O) groups excluding carboxylic acids is 3. The molecular weight excluding hydrogens is 574 g/mol. The van der Waals surface area contributed by atoms with Gasteiger partial charge in [0.05, 0.1) is 17.0 Å². The highest BCUT2D eigenvalue weighted by atomic mass is 19.4. The molecule has 42 heavy (non-hydrogen) atoms. The number of hydroxylamine groups is 1. The molecule has 230 valence electrons. The highest BCUT2D eigenvalue weighted by Gasteiger charge is 2.37. The molecule has 1 saturated heterocycles.